The summed E-state index contributed by atoms with van der Waals surface area (Å²) >= 11 is 0. The van der Waals surface area contributed by atoms with E-state index >= 15 is 0 Å². The number of rotatable bonds is 10. The highest BCUT2D eigenvalue weighted by Crippen LogP contribution is 2.40. The molecule has 3 rings (SSSR count). The fraction of sp³-hybridized carbons (Fsp3) is 0.417. The predicted octanol–water partition coefficient (Wildman–Crippen LogP) is 3.19. The van der Waals surface area contributed by atoms with Crippen molar-refractivity contribution in [2.75, 3.05) is 20.2 Å². The number of nitrogens with zero attached hydrogens (tertiary/aromatic N) is 1. The third kappa shape index (κ3) is 5.67. The zero-order chi connectivity index (χ0) is 20.7. The Labute approximate surface area is 173 Å². The van der Waals surface area contributed by atoms with Crippen LogP contribution in [0.4, 0.5) is 0 Å². The van der Waals surface area contributed by atoms with Crippen molar-refractivity contribution < 1.29 is 14.3 Å². The molecule has 1 fully saturated rings. The number of esters is 1. The van der Waals surface area contributed by atoms with Crippen LogP contribution in [0.1, 0.15) is 30.9 Å². The number of methoxy groups -OCH3 is 1. The van der Waals surface area contributed by atoms with Crippen molar-refractivity contribution in [2.45, 2.75) is 38.3 Å². The van der Waals surface area contributed by atoms with E-state index in [1.165, 1.54) is 12.7 Å². The van der Waals surface area contributed by atoms with Gasteiger partial charge in [-0.1, -0.05) is 60.7 Å². The highest BCUT2D eigenvalue weighted by atomic mass is 16.5. The van der Waals surface area contributed by atoms with Gasteiger partial charge in [0.1, 0.15) is 5.54 Å². The minimum Gasteiger partial charge on any atom is -0.468 e. The molecular formula is C24H30N2O3. The van der Waals surface area contributed by atoms with Gasteiger partial charge in [-0.15, -0.1) is 0 Å². The number of benzene rings is 2. The van der Waals surface area contributed by atoms with E-state index in [1.54, 1.807) is 0 Å². The fourth-order valence-corrected chi connectivity index (χ4v) is 3.63. The van der Waals surface area contributed by atoms with Crippen LogP contribution in [0.5, 0.6) is 0 Å². The van der Waals surface area contributed by atoms with E-state index in [9.17, 15) is 9.59 Å². The largest absolute Gasteiger partial charge is 0.468 e. The second kappa shape index (κ2) is 9.70. The molecule has 0 radical (unpaired) electrons. The zero-order valence-electron chi connectivity index (χ0n) is 17.3. The Morgan fingerprint density at radius 3 is 2.17 bits per heavy atom. The van der Waals surface area contributed by atoms with Crippen LogP contribution >= 0.6 is 0 Å². The Kier molecular flexibility index (Phi) is 7.04. The van der Waals surface area contributed by atoms with Gasteiger partial charge < -0.3 is 9.64 Å². The number of amides is 1. The molecule has 1 saturated carbocycles. The topological polar surface area (TPSA) is 58.6 Å². The minimum absolute atomic E-state index is 0.0134. The van der Waals surface area contributed by atoms with Crippen LogP contribution in [0.25, 0.3) is 0 Å². The lowest BCUT2D eigenvalue weighted by Crippen LogP contribution is -2.55. The van der Waals surface area contributed by atoms with Crippen molar-refractivity contribution >= 4 is 11.9 Å². The van der Waals surface area contributed by atoms with Gasteiger partial charge >= 0.3 is 5.97 Å². The molecule has 1 aliphatic carbocycles. The molecule has 0 bridgehead atoms. The molecule has 2 aromatic rings. The Balaban J connectivity index is 1.66. The molecular weight excluding hydrogens is 364 g/mol. The standard InChI is InChI=1S/C24H30N2O3/c1-24(21-13-14-21,23(28)29-2)25-17-22(27)26(18-20-11-7-4-8-12-20)16-15-19-9-5-3-6-10-19/h3-12,21,25H,13-18H2,1-2H3. The highest BCUT2D eigenvalue weighted by molar-refractivity contribution is 5.83. The Hall–Kier alpha value is -2.66. The van der Waals surface area contributed by atoms with E-state index < -0.39 is 5.54 Å². The quantitative estimate of drug-likeness (QED) is 0.629. The first-order valence-electron chi connectivity index (χ1n) is 10.2. The smallest absolute Gasteiger partial charge is 0.326 e. The van der Waals surface area contributed by atoms with Crippen LogP contribution in [0.2, 0.25) is 0 Å². The van der Waals surface area contributed by atoms with E-state index in [-0.39, 0.29) is 24.3 Å². The molecule has 0 aliphatic heterocycles. The lowest BCUT2D eigenvalue weighted by molar-refractivity contribution is -0.149. The number of carbonyl (C=O) groups excluding carboxylic acids is 2. The highest BCUT2D eigenvalue weighted by Gasteiger charge is 2.48. The number of nitrogens with one attached hydrogen (secondary N) is 1. The van der Waals surface area contributed by atoms with Crippen molar-refractivity contribution in [1.82, 2.24) is 10.2 Å². The van der Waals surface area contributed by atoms with E-state index in [0.717, 1.165) is 24.8 Å². The summed E-state index contributed by atoms with van der Waals surface area (Å²) in [6.07, 6.45) is 2.75. The van der Waals surface area contributed by atoms with E-state index in [4.69, 9.17) is 4.74 Å². The van der Waals surface area contributed by atoms with Crippen molar-refractivity contribution in [3.63, 3.8) is 0 Å². The predicted molar refractivity (Wildman–Crippen MR) is 113 cm³/mol. The maximum Gasteiger partial charge on any atom is 0.326 e. The van der Waals surface area contributed by atoms with Gasteiger partial charge in [0.15, 0.2) is 0 Å². The van der Waals surface area contributed by atoms with Crippen LogP contribution in [0.15, 0.2) is 60.7 Å². The molecule has 0 spiro atoms. The summed E-state index contributed by atoms with van der Waals surface area (Å²) in [5.74, 6) is -0.0816. The number of ether oxygens (including phenoxy) is 1. The molecule has 154 valence electrons. The Morgan fingerprint density at radius 2 is 1.62 bits per heavy atom. The summed E-state index contributed by atoms with van der Waals surface area (Å²) in [5, 5.41) is 3.21. The number of hydrogen-bond acceptors (Lipinski definition) is 4. The van der Waals surface area contributed by atoms with Crippen molar-refractivity contribution in [2.24, 2.45) is 5.92 Å². The first-order valence-corrected chi connectivity index (χ1v) is 10.2. The summed E-state index contributed by atoms with van der Waals surface area (Å²) in [6, 6.07) is 20.1. The molecule has 0 aromatic heterocycles. The van der Waals surface area contributed by atoms with Crippen LogP contribution in [0, 0.1) is 5.92 Å². The maximum atomic E-state index is 13.1. The summed E-state index contributed by atoms with van der Waals surface area (Å²) in [6.45, 7) is 3.13. The normalized spacial score (nSPS) is 15.4. The molecule has 1 atom stereocenters. The van der Waals surface area contributed by atoms with Crippen LogP contribution in [-0.4, -0.2) is 42.5 Å². The Morgan fingerprint density at radius 1 is 1.03 bits per heavy atom. The van der Waals surface area contributed by atoms with Crippen molar-refractivity contribution in [3.8, 4) is 0 Å². The van der Waals surface area contributed by atoms with E-state index in [2.05, 4.69) is 17.4 Å². The first-order chi connectivity index (χ1) is 14.0. The molecule has 5 nitrogen and oxygen atoms in total. The molecule has 29 heavy (non-hydrogen) atoms. The number of carbonyl (C=O) groups is 2. The average molecular weight is 395 g/mol. The SMILES string of the molecule is COC(=O)C(C)(NCC(=O)N(CCc1ccccc1)Cc1ccccc1)C1CC1. The van der Waals surface area contributed by atoms with Gasteiger partial charge in [-0.2, -0.15) is 0 Å². The van der Waals surface area contributed by atoms with Gasteiger partial charge in [0.25, 0.3) is 0 Å². The van der Waals surface area contributed by atoms with Crippen molar-refractivity contribution in [3.05, 3.63) is 71.8 Å². The molecule has 1 N–H and O–H groups in total. The summed E-state index contributed by atoms with van der Waals surface area (Å²) < 4.78 is 4.98. The van der Waals surface area contributed by atoms with Crippen LogP contribution in [-0.2, 0) is 27.3 Å². The van der Waals surface area contributed by atoms with Gasteiger partial charge in [0.2, 0.25) is 5.91 Å². The third-order valence-corrected chi connectivity index (χ3v) is 5.69. The molecule has 0 heterocycles. The van der Waals surface area contributed by atoms with Gasteiger partial charge in [0, 0.05) is 13.1 Å². The van der Waals surface area contributed by atoms with Crippen molar-refractivity contribution in [1.29, 1.82) is 0 Å². The molecule has 1 aliphatic rings. The summed E-state index contributed by atoms with van der Waals surface area (Å²) in [5.41, 5.74) is 1.48. The molecule has 5 heteroatoms. The Bertz CT molecular complexity index is 805. The number of hydrogen-bond donors (Lipinski definition) is 1. The lowest BCUT2D eigenvalue weighted by Gasteiger charge is -2.30. The van der Waals surface area contributed by atoms with Gasteiger partial charge in [-0.25, -0.2) is 0 Å². The third-order valence-electron chi connectivity index (χ3n) is 5.69. The molecule has 0 saturated heterocycles. The zero-order valence-corrected chi connectivity index (χ0v) is 17.3. The monoisotopic (exact) mass is 394 g/mol. The van der Waals surface area contributed by atoms with Gasteiger partial charge in [-0.05, 0) is 43.2 Å². The van der Waals surface area contributed by atoms with Crippen LogP contribution < -0.4 is 5.32 Å². The van der Waals surface area contributed by atoms with E-state index in [0.29, 0.717) is 13.1 Å². The van der Waals surface area contributed by atoms with E-state index in [1.807, 2.05) is 60.4 Å². The first kappa shape index (κ1) is 21.1. The second-order valence-electron chi connectivity index (χ2n) is 7.86. The lowest BCUT2D eigenvalue weighted by atomic mass is 9.96. The maximum absolute atomic E-state index is 13.1. The fourth-order valence-electron chi connectivity index (χ4n) is 3.63. The summed E-state index contributed by atoms with van der Waals surface area (Å²) in [4.78, 5) is 27.2. The van der Waals surface area contributed by atoms with Gasteiger partial charge in [0.05, 0.1) is 13.7 Å². The molecule has 2 aromatic carbocycles. The second-order valence-corrected chi connectivity index (χ2v) is 7.86. The van der Waals surface area contributed by atoms with Crippen LogP contribution in [0.3, 0.4) is 0 Å². The summed E-state index contributed by atoms with van der Waals surface area (Å²) in [7, 11) is 1.40. The molecule has 1 unspecified atom stereocenters. The average Bonchev–Trinajstić information content (AvgIpc) is 3.61. The molecule has 1 amide bonds. The minimum atomic E-state index is -0.803. The van der Waals surface area contributed by atoms with Gasteiger partial charge in [-0.3, -0.25) is 14.9 Å².